The van der Waals surface area contributed by atoms with E-state index in [1.807, 2.05) is 12.1 Å². The summed E-state index contributed by atoms with van der Waals surface area (Å²) in [5.74, 6) is 1.38. The lowest BCUT2D eigenvalue weighted by Crippen LogP contribution is -2.42. The number of aliphatic hydroxyl groups is 1. The molecule has 0 aliphatic heterocycles. The third-order valence-corrected chi connectivity index (χ3v) is 3.22. The summed E-state index contributed by atoms with van der Waals surface area (Å²) in [5, 5.41) is 13.0. The lowest BCUT2D eigenvalue weighted by atomic mass is 10.0. The van der Waals surface area contributed by atoms with Gasteiger partial charge in [-0.2, -0.15) is 0 Å². The smallest absolute Gasteiger partial charge is 0.119 e. The van der Waals surface area contributed by atoms with E-state index in [2.05, 4.69) is 52.1 Å². The van der Waals surface area contributed by atoms with Gasteiger partial charge in [-0.15, -0.1) is 0 Å². The number of β-amino-alcohol motifs (C(OH)–C–C–N with tert-alkyl or cyclic N) is 1. The Balaban J connectivity index is 2.12. The van der Waals surface area contributed by atoms with Crippen LogP contribution in [0.25, 0.3) is 0 Å². The lowest BCUT2D eigenvalue weighted by Gasteiger charge is -2.22. The van der Waals surface area contributed by atoms with Crippen molar-refractivity contribution in [3.05, 3.63) is 29.8 Å². The van der Waals surface area contributed by atoms with E-state index in [1.165, 1.54) is 5.56 Å². The molecule has 0 bridgehead atoms. The van der Waals surface area contributed by atoms with Crippen molar-refractivity contribution >= 4 is 0 Å². The molecule has 0 aliphatic rings. The predicted molar refractivity (Wildman–Crippen MR) is 90.6 cm³/mol. The summed E-state index contributed by atoms with van der Waals surface area (Å²) in [6.07, 6.45) is -0.496. The van der Waals surface area contributed by atoms with Crippen molar-refractivity contribution in [3.8, 4) is 5.75 Å². The Bertz CT molecular complexity index is 409. The predicted octanol–water partition coefficient (Wildman–Crippen LogP) is 2.95. The van der Waals surface area contributed by atoms with Crippen LogP contribution in [0.1, 0.15) is 46.1 Å². The summed E-state index contributed by atoms with van der Waals surface area (Å²) >= 11 is 0. The van der Waals surface area contributed by atoms with Crippen LogP contribution in [0.2, 0.25) is 0 Å². The van der Waals surface area contributed by atoms with Crippen molar-refractivity contribution in [2.45, 2.75) is 52.2 Å². The number of hydrogen-bond donors (Lipinski definition) is 2. The first-order valence-electron chi connectivity index (χ1n) is 8.01. The molecule has 1 rings (SSSR count). The summed E-state index contributed by atoms with van der Waals surface area (Å²) in [6, 6.07) is 8.14. The molecular formula is C18H31NO3. The maximum absolute atomic E-state index is 9.78. The van der Waals surface area contributed by atoms with Crippen LogP contribution < -0.4 is 10.1 Å². The van der Waals surface area contributed by atoms with Gasteiger partial charge in [0.15, 0.2) is 0 Å². The molecule has 0 fully saturated rings. The molecule has 0 heterocycles. The zero-order valence-corrected chi connectivity index (χ0v) is 14.6. The monoisotopic (exact) mass is 309 g/mol. The van der Waals surface area contributed by atoms with Crippen LogP contribution in [0.4, 0.5) is 0 Å². The molecule has 0 amide bonds. The van der Waals surface area contributed by atoms with Crippen molar-refractivity contribution in [1.29, 1.82) is 0 Å². The molecule has 0 unspecified atom stereocenters. The summed E-state index contributed by atoms with van der Waals surface area (Å²) in [6.45, 7) is 12.3. The van der Waals surface area contributed by atoms with Gasteiger partial charge in [0.1, 0.15) is 12.4 Å². The zero-order chi connectivity index (χ0) is 16.6. The first-order valence-corrected chi connectivity index (χ1v) is 8.01. The van der Waals surface area contributed by atoms with Crippen molar-refractivity contribution < 1.29 is 14.6 Å². The largest absolute Gasteiger partial charge is 0.491 e. The van der Waals surface area contributed by atoms with Crippen molar-refractivity contribution in [3.63, 3.8) is 0 Å². The topological polar surface area (TPSA) is 50.7 Å². The quantitative estimate of drug-likeness (QED) is 0.689. The molecule has 2 N–H and O–H groups in total. The van der Waals surface area contributed by atoms with Gasteiger partial charge in [0.25, 0.3) is 0 Å². The molecule has 4 heteroatoms. The Hall–Kier alpha value is -1.10. The molecule has 4 nitrogen and oxygen atoms in total. The molecule has 22 heavy (non-hydrogen) atoms. The number of benzene rings is 1. The van der Waals surface area contributed by atoms with Crippen molar-refractivity contribution in [2.24, 2.45) is 0 Å². The van der Waals surface area contributed by atoms with E-state index in [0.29, 0.717) is 32.3 Å². The van der Waals surface area contributed by atoms with Gasteiger partial charge in [-0.25, -0.2) is 0 Å². The Kier molecular flexibility index (Phi) is 7.87. The van der Waals surface area contributed by atoms with Gasteiger partial charge in [0, 0.05) is 12.1 Å². The number of aliphatic hydroxyl groups excluding tert-OH is 1. The van der Waals surface area contributed by atoms with E-state index < -0.39 is 6.10 Å². The van der Waals surface area contributed by atoms with Crippen LogP contribution in [0, 0.1) is 0 Å². The molecule has 0 spiro atoms. The second-order valence-electron chi connectivity index (χ2n) is 6.93. The maximum Gasteiger partial charge on any atom is 0.119 e. The minimum atomic E-state index is -0.496. The minimum Gasteiger partial charge on any atom is -0.491 e. The fourth-order valence-corrected chi connectivity index (χ4v) is 1.87. The SMILES string of the molecule is CC(C)c1ccc(OCCOC[C@@H](O)CNC(C)(C)C)cc1. The number of nitrogens with one attached hydrogen (secondary N) is 1. The average Bonchev–Trinajstić information content (AvgIpc) is 2.44. The van der Waals surface area contributed by atoms with Crippen LogP contribution in [-0.2, 0) is 4.74 Å². The second-order valence-corrected chi connectivity index (χ2v) is 6.93. The summed E-state index contributed by atoms with van der Waals surface area (Å²) in [5.41, 5.74) is 1.31. The van der Waals surface area contributed by atoms with E-state index in [-0.39, 0.29) is 5.54 Å². The molecule has 0 aliphatic carbocycles. The highest BCUT2D eigenvalue weighted by Gasteiger charge is 2.12. The molecule has 1 atom stereocenters. The van der Waals surface area contributed by atoms with Gasteiger partial charge in [0.2, 0.25) is 0 Å². The standard InChI is InChI=1S/C18H31NO3/c1-14(2)15-6-8-17(9-7-15)22-11-10-21-13-16(20)12-19-18(3,4)5/h6-9,14,16,19-20H,10-13H2,1-5H3/t16-/m0/s1. The van der Waals surface area contributed by atoms with Crippen LogP contribution in [0.5, 0.6) is 5.75 Å². The fourth-order valence-electron chi connectivity index (χ4n) is 1.87. The average molecular weight is 309 g/mol. The Morgan fingerprint density at radius 1 is 1.09 bits per heavy atom. The first-order chi connectivity index (χ1) is 10.3. The highest BCUT2D eigenvalue weighted by molar-refractivity contribution is 5.28. The number of rotatable bonds is 9. The summed E-state index contributed by atoms with van der Waals surface area (Å²) in [4.78, 5) is 0. The summed E-state index contributed by atoms with van der Waals surface area (Å²) in [7, 11) is 0. The van der Waals surface area contributed by atoms with Crippen LogP contribution >= 0.6 is 0 Å². The molecule has 1 aromatic rings. The molecule has 0 saturated carbocycles. The van der Waals surface area contributed by atoms with E-state index in [1.54, 1.807) is 0 Å². The second kappa shape index (κ2) is 9.13. The highest BCUT2D eigenvalue weighted by Crippen LogP contribution is 2.18. The first kappa shape index (κ1) is 18.9. The van der Waals surface area contributed by atoms with Gasteiger partial charge in [0.05, 0.1) is 19.3 Å². The highest BCUT2D eigenvalue weighted by atomic mass is 16.5. The molecule has 0 radical (unpaired) electrons. The van der Waals surface area contributed by atoms with Crippen LogP contribution in [0.15, 0.2) is 24.3 Å². The Labute approximate surface area is 134 Å². The molecule has 0 aromatic heterocycles. The number of ether oxygens (including phenoxy) is 2. The van der Waals surface area contributed by atoms with Crippen molar-refractivity contribution in [2.75, 3.05) is 26.4 Å². The third kappa shape index (κ3) is 8.37. The van der Waals surface area contributed by atoms with Gasteiger partial charge in [-0.3, -0.25) is 0 Å². The van der Waals surface area contributed by atoms with E-state index in [9.17, 15) is 5.11 Å². The normalized spacial score (nSPS) is 13.4. The Morgan fingerprint density at radius 2 is 1.73 bits per heavy atom. The zero-order valence-electron chi connectivity index (χ0n) is 14.6. The van der Waals surface area contributed by atoms with E-state index >= 15 is 0 Å². The van der Waals surface area contributed by atoms with Crippen LogP contribution in [-0.4, -0.2) is 43.1 Å². The van der Waals surface area contributed by atoms with E-state index in [0.717, 1.165) is 5.75 Å². The lowest BCUT2D eigenvalue weighted by molar-refractivity contribution is 0.0227. The summed E-state index contributed by atoms with van der Waals surface area (Å²) < 4.78 is 11.0. The molecule has 126 valence electrons. The fraction of sp³-hybridized carbons (Fsp3) is 0.667. The number of hydrogen-bond acceptors (Lipinski definition) is 4. The van der Waals surface area contributed by atoms with Gasteiger partial charge >= 0.3 is 0 Å². The third-order valence-electron chi connectivity index (χ3n) is 3.22. The molecule has 1 aromatic carbocycles. The minimum absolute atomic E-state index is 0.00619. The Morgan fingerprint density at radius 3 is 2.27 bits per heavy atom. The van der Waals surface area contributed by atoms with E-state index in [4.69, 9.17) is 9.47 Å². The van der Waals surface area contributed by atoms with Crippen LogP contribution in [0.3, 0.4) is 0 Å². The van der Waals surface area contributed by atoms with Crippen molar-refractivity contribution in [1.82, 2.24) is 5.32 Å². The molecule has 0 saturated heterocycles. The van der Waals surface area contributed by atoms with Gasteiger partial charge < -0.3 is 19.9 Å². The molecular weight excluding hydrogens is 278 g/mol. The maximum atomic E-state index is 9.78. The van der Waals surface area contributed by atoms with Gasteiger partial charge in [-0.05, 0) is 44.4 Å². The van der Waals surface area contributed by atoms with Gasteiger partial charge in [-0.1, -0.05) is 26.0 Å².